The second kappa shape index (κ2) is 8.48. The van der Waals surface area contributed by atoms with Crippen LogP contribution in [0.15, 0.2) is 66.7 Å². The average molecular weight is 458 g/mol. The first-order chi connectivity index (χ1) is 16.0. The molecule has 0 atom stereocenters. The maximum absolute atomic E-state index is 12.8. The number of carbonyl (C=O) groups is 3. The number of hydrogen-bond acceptors (Lipinski definition) is 7. The summed E-state index contributed by atoms with van der Waals surface area (Å²) in [6.45, 7) is 0.0679. The molecule has 2 heterocycles. The van der Waals surface area contributed by atoms with E-state index in [1.54, 1.807) is 42.5 Å². The van der Waals surface area contributed by atoms with Crippen molar-refractivity contribution in [2.45, 2.75) is 13.2 Å². The van der Waals surface area contributed by atoms with Gasteiger partial charge in [0, 0.05) is 0 Å². The number of fused-ring (bicyclic) bond motifs is 2. The van der Waals surface area contributed by atoms with Gasteiger partial charge in [-0.2, -0.15) is 0 Å². The Morgan fingerprint density at radius 3 is 2.36 bits per heavy atom. The molecule has 1 aliphatic rings. The molecule has 0 N–H and O–H groups in total. The number of carbonyl (C=O) groups excluding carboxylic acids is 3. The van der Waals surface area contributed by atoms with E-state index in [-0.39, 0.29) is 30.5 Å². The Morgan fingerprint density at radius 1 is 0.970 bits per heavy atom. The van der Waals surface area contributed by atoms with Gasteiger partial charge in [-0.3, -0.25) is 14.5 Å². The topological polar surface area (TPSA) is 85.8 Å². The fourth-order valence-electron chi connectivity index (χ4n) is 3.77. The third kappa shape index (κ3) is 3.85. The first-order valence-electron chi connectivity index (χ1n) is 10.2. The number of esters is 1. The van der Waals surface area contributed by atoms with E-state index in [9.17, 15) is 14.4 Å². The zero-order chi connectivity index (χ0) is 22.9. The van der Waals surface area contributed by atoms with Crippen LogP contribution in [0.4, 0.5) is 0 Å². The highest BCUT2D eigenvalue weighted by atomic mass is 32.1. The van der Waals surface area contributed by atoms with E-state index in [1.165, 1.54) is 23.3 Å². The van der Waals surface area contributed by atoms with E-state index in [4.69, 9.17) is 9.47 Å². The summed E-state index contributed by atoms with van der Waals surface area (Å²) in [5.74, 6) is -0.941. The molecule has 3 aromatic carbocycles. The van der Waals surface area contributed by atoms with Gasteiger partial charge in [-0.25, -0.2) is 9.78 Å². The molecule has 33 heavy (non-hydrogen) atoms. The third-order valence-electron chi connectivity index (χ3n) is 5.37. The number of aromatic nitrogens is 1. The highest BCUT2D eigenvalue weighted by molar-refractivity contribution is 7.18. The smallest absolute Gasteiger partial charge is 0.342 e. The van der Waals surface area contributed by atoms with Crippen LogP contribution in [0.2, 0.25) is 0 Å². The Morgan fingerprint density at radius 2 is 1.67 bits per heavy atom. The Bertz CT molecular complexity index is 1340. The van der Waals surface area contributed by atoms with Crippen LogP contribution in [-0.2, 0) is 17.9 Å². The lowest BCUT2D eigenvalue weighted by atomic mass is 10.1. The molecular formula is C25H18N2O5S. The number of benzene rings is 3. The number of ether oxygens (including phenoxy) is 2. The van der Waals surface area contributed by atoms with E-state index < -0.39 is 5.97 Å². The summed E-state index contributed by atoms with van der Waals surface area (Å²) in [4.78, 5) is 43.8. The standard InChI is InChI=1S/C25H18N2O5S/c1-31-20-11-10-15(13-27-23(28)16-6-2-3-7-17(16)24(27)29)12-18(20)25(30)32-14-22-26-19-8-4-5-9-21(19)33-22/h2-12H,13-14H2,1H3. The third-order valence-corrected chi connectivity index (χ3v) is 6.38. The van der Waals surface area contributed by atoms with Crippen molar-refractivity contribution < 1.29 is 23.9 Å². The van der Waals surface area contributed by atoms with Crippen molar-refractivity contribution in [2.24, 2.45) is 0 Å². The van der Waals surface area contributed by atoms with Crippen LogP contribution in [0.1, 0.15) is 41.6 Å². The summed E-state index contributed by atoms with van der Waals surface area (Å²) in [6, 6.07) is 19.3. The molecule has 1 aliphatic heterocycles. The average Bonchev–Trinajstić information content (AvgIpc) is 3.37. The number of imide groups is 1. The first kappa shape index (κ1) is 20.8. The zero-order valence-corrected chi connectivity index (χ0v) is 18.4. The van der Waals surface area contributed by atoms with Gasteiger partial charge < -0.3 is 9.47 Å². The van der Waals surface area contributed by atoms with Gasteiger partial charge in [-0.15, -0.1) is 11.3 Å². The SMILES string of the molecule is COc1ccc(CN2C(=O)c3ccccc3C2=O)cc1C(=O)OCc1nc2ccccc2s1. The van der Waals surface area contributed by atoms with Crippen molar-refractivity contribution >= 4 is 39.3 Å². The van der Waals surface area contributed by atoms with Gasteiger partial charge in [0.25, 0.3) is 11.8 Å². The molecular weight excluding hydrogens is 440 g/mol. The fraction of sp³-hybridized carbons (Fsp3) is 0.120. The van der Waals surface area contributed by atoms with Gasteiger partial charge >= 0.3 is 5.97 Å². The summed E-state index contributed by atoms with van der Waals surface area (Å²) in [5, 5.41) is 0.686. The molecule has 8 heteroatoms. The second-order valence-corrected chi connectivity index (χ2v) is 8.54. The minimum absolute atomic E-state index is 0.0317. The number of methoxy groups -OCH3 is 1. The number of rotatable bonds is 6. The van der Waals surface area contributed by atoms with Crippen LogP contribution in [0.3, 0.4) is 0 Å². The molecule has 0 fully saturated rings. The molecule has 0 saturated heterocycles. The molecule has 2 amide bonds. The normalized spacial score (nSPS) is 12.8. The molecule has 1 aromatic heterocycles. The van der Waals surface area contributed by atoms with E-state index in [0.717, 1.165) is 10.2 Å². The molecule has 0 saturated carbocycles. The predicted molar refractivity (Wildman–Crippen MR) is 122 cm³/mol. The maximum Gasteiger partial charge on any atom is 0.342 e. The number of nitrogens with zero attached hydrogens (tertiary/aromatic N) is 2. The van der Waals surface area contributed by atoms with Crippen LogP contribution < -0.4 is 4.74 Å². The van der Waals surface area contributed by atoms with Gasteiger partial charge in [0.1, 0.15) is 22.9 Å². The van der Waals surface area contributed by atoms with Gasteiger partial charge in [0.05, 0.1) is 35.0 Å². The molecule has 164 valence electrons. The summed E-state index contributed by atoms with van der Waals surface area (Å²) >= 11 is 1.46. The van der Waals surface area contributed by atoms with E-state index in [2.05, 4.69) is 4.98 Å². The largest absolute Gasteiger partial charge is 0.496 e. The van der Waals surface area contributed by atoms with Crippen molar-refractivity contribution in [2.75, 3.05) is 7.11 Å². The van der Waals surface area contributed by atoms with Crippen LogP contribution >= 0.6 is 11.3 Å². The minimum atomic E-state index is -0.574. The lowest BCUT2D eigenvalue weighted by Gasteiger charge is -2.15. The molecule has 0 unspecified atom stereocenters. The van der Waals surface area contributed by atoms with Gasteiger partial charge in [-0.1, -0.05) is 30.3 Å². The minimum Gasteiger partial charge on any atom is -0.496 e. The van der Waals surface area contributed by atoms with E-state index in [0.29, 0.717) is 27.4 Å². The predicted octanol–water partition coefficient (Wildman–Crippen LogP) is 4.46. The molecule has 0 bridgehead atoms. The monoisotopic (exact) mass is 458 g/mol. The number of thiazole rings is 1. The molecule has 0 spiro atoms. The maximum atomic E-state index is 12.8. The van der Waals surface area contributed by atoms with Gasteiger partial charge in [0.2, 0.25) is 0 Å². The van der Waals surface area contributed by atoms with Crippen LogP contribution in [0.25, 0.3) is 10.2 Å². The Labute approximate surface area is 193 Å². The lowest BCUT2D eigenvalue weighted by Crippen LogP contribution is -2.29. The van der Waals surface area contributed by atoms with Crippen molar-refractivity contribution in [3.05, 3.63) is 94.0 Å². The molecule has 0 radical (unpaired) electrons. The van der Waals surface area contributed by atoms with Crippen molar-refractivity contribution in [1.82, 2.24) is 9.88 Å². The van der Waals surface area contributed by atoms with Crippen LogP contribution in [0, 0.1) is 0 Å². The number of para-hydroxylation sites is 1. The number of amides is 2. The Kier molecular flexibility index (Phi) is 5.35. The second-order valence-electron chi connectivity index (χ2n) is 7.43. The quantitative estimate of drug-likeness (QED) is 0.313. The summed E-state index contributed by atoms with van der Waals surface area (Å²) in [6.07, 6.45) is 0. The van der Waals surface area contributed by atoms with Crippen molar-refractivity contribution in [3.63, 3.8) is 0 Å². The fourth-order valence-corrected chi connectivity index (χ4v) is 4.65. The van der Waals surface area contributed by atoms with E-state index in [1.807, 2.05) is 24.3 Å². The number of hydrogen-bond donors (Lipinski definition) is 0. The van der Waals surface area contributed by atoms with E-state index >= 15 is 0 Å². The van der Waals surface area contributed by atoms with Crippen molar-refractivity contribution in [1.29, 1.82) is 0 Å². The molecule has 0 aliphatic carbocycles. The van der Waals surface area contributed by atoms with Crippen LogP contribution in [-0.4, -0.2) is 34.8 Å². The van der Waals surface area contributed by atoms with Crippen LogP contribution in [0.5, 0.6) is 5.75 Å². The summed E-state index contributed by atoms with van der Waals surface area (Å²) in [5.41, 5.74) is 2.44. The molecule has 4 aromatic rings. The van der Waals surface area contributed by atoms with Gasteiger partial charge in [-0.05, 0) is 42.0 Å². The first-order valence-corrected chi connectivity index (χ1v) is 11.0. The highest BCUT2D eigenvalue weighted by Crippen LogP contribution is 2.27. The highest BCUT2D eigenvalue weighted by Gasteiger charge is 2.35. The Balaban J connectivity index is 1.34. The van der Waals surface area contributed by atoms with Crippen molar-refractivity contribution in [3.8, 4) is 5.75 Å². The molecule has 7 nitrogen and oxygen atoms in total. The molecule has 5 rings (SSSR count). The zero-order valence-electron chi connectivity index (χ0n) is 17.6. The summed E-state index contributed by atoms with van der Waals surface area (Å²) in [7, 11) is 1.46. The summed E-state index contributed by atoms with van der Waals surface area (Å²) < 4.78 is 11.8. The van der Waals surface area contributed by atoms with Gasteiger partial charge in [0.15, 0.2) is 0 Å². The Hall–Kier alpha value is -4.04. The lowest BCUT2D eigenvalue weighted by molar-refractivity contribution is 0.0468.